The third-order valence-electron chi connectivity index (χ3n) is 9.78. The molecule has 4 atom stereocenters. The van der Waals surface area contributed by atoms with Crippen molar-refractivity contribution in [1.82, 2.24) is 4.90 Å². The molecule has 0 fully saturated rings. The number of Topliss-reactive ketones (excluding diaryl/α,β-unsaturated/α-hetero) is 3. The fourth-order valence-corrected chi connectivity index (χ4v) is 7.76. The minimum absolute atomic E-state index is 0.0561. The number of fused-ring (bicyclic) bond motifs is 3. The molecule has 7 nitrogen and oxygen atoms in total. The van der Waals surface area contributed by atoms with Gasteiger partial charge < -0.3 is 20.0 Å². The highest BCUT2D eigenvalue weighted by atomic mass is 16.3. The minimum Gasteiger partial charge on any atom is -0.386 e. The van der Waals surface area contributed by atoms with Crippen LogP contribution < -0.4 is 4.90 Å². The van der Waals surface area contributed by atoms with Crippen molar-refractivity contribution in [2.24, 2.45) is 5.41 Å². The maximum atomic E-state index is 14.5. The first kappa shape index (κ1) is 30.9. The van der Waals surface area contributed by atoms with Gasteiger partial charge in [-0.25, -0.2) is 0 Å². The molecule has 0 heterocycles. The largest absolute Gasteiger partial charge is 0.386 e. The molecule has 0 bridgehead atoms. The highest BCUT2D eigenvalue weighted by Gasteiger charge is 2.69. The van der Waals surface area contributed by atoms with Crippen LogP contribution in [0.4, 0.5) is 5.69 Å². The van der Waals surface area contributed by atoms with E-state index in [1.165, 1.54) is 6.92 Å². The molecule has 7 heteroatoms. The Labute approximate surface area is 244 Å². The molecule has 2 N–H and O–H groups in total. The quantitative estimate of drug-likeness (QED) is 0.320. The fraction of sp³-hybridized carbons (Fsp3) is 0.559. The summed E-state index contributed by atoms with van der Waals surface area (Å²) in [5.74, 6) is 5.27. The second-order valence-corrected chi connectivity index (χ2v) is 12.8. The van der Waals surface area contributed by atoms with Crippen LogP contribution in [0.25, 0.3) is 0 Å². The minimum atomic E-state index is -1.77. The highest BCUT2D eigenvalue weighted by molar-refractivity contribution is 6.25. The summed E-state index contributed by atoms with van der Waals surface area (Å²) in [6.07, 6.45) is 2.68. The van der Waals surface area contributed by atoms with E-state index in [0.29, 0.717) is 22.3 Å². The number of allylic oxidation sites excluding steroid dienone is 1. The third-order valence-corrected chi connectivity index (χ3v) is 9.78. The summed E-state index contributed by atoms with van der Waals surface area (Å²) in [6, 6.07) is 1.25. The Morgan fingerprint density at radius 1 is 1.12 bits per heavy atom. The summed E-state index contributed by atoms with van der Waals surface area (Å²) in [4.78, 5) is 45.2. The number of likely N-dealkylation sites (N-methyl/N-ethyl adjacent to an activating group) is 1. The molecule has 0 spiro atoms. The summed E-state index contributed by atoms with van der Waals surface area (Å²) in [5.41, 5.74) is -0.565. The van der Waals surface area contributed by atoms with Gasteiger partial charge >= 0.3 is 0 Å². The molecule has 220 valence electrons. The maximum absolute atomic E-state index is 14.5. The van der Waals surface area contributed by atoms with E-state index in [2.05, 4.69) is 18.8 Å². The number of benzene rings is 1. The number of aliphatic hydroxyl groups is 2. The lowest BCUT2D eigenvalue weighted by molar-refractivity contribution is -0.169. The van der Waals surface area contributed by atoms with Crippen LogP contribution in [0.5, 0.6) is 0 Å². The maximum Gasteiger partial charge on any atom is 0.192 e. The van der Waals surface area contributed by atoms with Crippen molar-refractivity contribution in [1.29, 1.82) is 0 Å². The molecule has 0 aromatic heterocycles. The smallest absolute Gasteiger partial charge is 0.192 e. The second-order valence-electron chi connectivity index (χ2n) is 12.8. The SMILES string of the molecule is CCCCC#Cc1cc(N(C)C)c2c(c1C)C(=O)C1=C(C)C3(C)C(=O)C(C(C)=O)=C(C)C(N(C)C)C3(O)CC1(O)C2. The average Bonchev–Trinajstić information content (AvgIpc) is 2.84. The number of carbonyl (C=O) groups is 3. The molecule has 4 unspecified atom stereocenters. The van der Waals surface area contributed by atoms with Crippen LogP contribution in [0, 0.1) is 24.2 Å². The van der Waals surface area contributed by atoms with Crippen molar-refractivity contribution in [2.45, 2.75) is 90.9 Å². The van der Waals surface area contributed by atoms with E-state index in [4.69, 9.17) is 0 Å². The van der Waals surface area contributed by atoms with Gasteiger partial charge in [0.1, 0.15) is 11.2 Å². The standard InChI is InChI=1S/C34H44N2O5/c1-11-12-13-14-15-23-16-25(35(7)8)24-17-33(40)18-34(41)30(36(9)10)20(3)26(22(5)37)31(39)32(34,6)21(4)28(33)29(38)27(24)19(23)2/h16,30,40-41H,11-13,17-18H2,1-10H3. The fourth-order valence-electron chi connectivity index (χ4n) is 7.76. The van der Waals surface area contributed by atoms with E-state index in [1.54, 1.807) is 39.8 Å². The second kappa shape index (κ2) is 10.3. The van der Waals surface area contributed by atoms with Crippen LogP contribution in [0.15, 0.2) is 28.4 Å². The van der Waals surface area contributed by atoms with E-state index < -0.39 is 28.4 Å². The van der Waals surface area contributed by atoms with Crippen molar-refractivity contribution in [3.63, 3.8) is 0 Å². The number of hydrogen-bond acceptors (Lipinski definition) is 7. The van der Waals surface area contributed by atoms with Crippen LogP contribution >= 0.6 is 0 Å². The molecule has 0 amide bonds. The van der Waals surface area contributed by atoms with Gasteiger partial charge in [0.15, 0.2) is 17.3 Å². The molecule has 1 aromatic rings. The third kappa shape index (κ3) is 4.26. The van der Waals surface area contributed by atoms with Crippen molar-refractivity contribution >= 4 is 23.0 Å². The zero-order chi connectivity index (χ0) is 30.8. The number of nitrogens with zero attached hydrogens (tertiary/aromatic N) is 2. The van der Waals surface area contributed by atoms with Gasteiger partial charge in [0.2, 0.25) is 0 Å². The summed E-state index contributed by atoms with van der Waals surface area (Å²) in [6.45, 7) is 10.3. The van der Waals surface area contributed by atoms with Crippen molar-refractivity contribution in [2.75, 3.05) is 33.1 Å². The van der Waals surface area contributed by atoms with Gasteiger partial charge in [-0.05, 0) is 83.5 Å². The summed E-state index contributed by atoms with van der Waals surface area (Å²) in [5, 5.41) is 25.0. The molecule has 0 saturated carbocycles. The summed E-state index contributed by atoms with van der Waals surface area (Å²) < 4.78 is 0. The zero-order valence-corrected chi connectivity index (χ0v) is 26.2. The number of rotatable bonds is 5. The number of anilines is 1. The van der Waals surface area contributed by atoms with Crippen molar-refractivity contribution < 1.29 is 24.6 Å². The first-order chi connectivity index (χ1) is 19.0. The Hall–Kier alpha value is -3.05. The average molecular weight is 561 g/mol. The molecule has 41 heavy (non-hydrogen) atoms. The Bertz CT molecular complexity index is 1490. The summed E-state index contributed by atoms with van der Waals surface area (Å²) >= 11 is 0. The van der Waals surface area contributed by atoms with Gasteiger partial charge in [-0.15, -0.1) is 0 Å². The lowest BCUT2D eigenvalue weighted by atomic mass is 9.47. The van der Waals surface area contributed by atoms with Gasteiger partial charge in [0, 0.05) is 55.7 Å². The highest BCUT2D eigenvalue weighted by Crippen LogP contribution is 2.60. The van der Waals surface area contributed by atoms with E-state index in [0.717, 1.165) is 36.1 Å². The molecule has 3 aliphatic carbocycles. The predicted octanol–water partition coefficient (Wildman–Crippen LogP) is 3.95. The molecule has 0 radical (unpaired) electrons. The molecule has 4 rings (SSSR count). The van der Waals surface area contributed by atoms with Crippen molar-refractivity contribution in [3.05, 3.63) is 50.6 Å². The van der Waals surface area contributed by atoms with Gasteiger partial charge in [0.05, 0.1) is 17.0 Å². The van der Waals surface area contributed by atoms with Crippen LogP contribution in [0.1, 0.15) is 87.4 Å². The Morgan fingerprint density at radius 3 is 2.29 bits per heavy atom. The molecule has 3 aliphatic rings. The van der Waals surface area contributed by atoms with E-state index in [9.17, 15) is 24.6 Å². The van der Waals surface area contributed by atoms with Gasteiger partial charge in [-0.1, -0.05) is 25.2 Å². The molecular weight excluding hydrogens is 516 g/mol. The number of carbonyl (C=O) groups excluding carboxylic acids is 3. The summed E-state index contributed by atoms with van der Waals surface area (Å²) in [7, 11) is 7.37. The van der Waals surface area contributed by atoms with Crippen LogP contribution in [0.3, 0.4) is 0 Å². The van der Waals surface area contributed by atoms with Crippen molar-refractivity contribution in [3.8, 4) is 11.8 Å². The van der Waals surface area contributed by atoms with E-state index in [-0.39, 0.29) is 35.6 Å². The Kier molecular flexibility index (Phi) is 7.79. The topological polar surface area (TPSA) is 98.2 Å². The monoisotopic (exact) mass is 560 g/mol. The predicted molar refractivity (Wildman–Crippen MR) is 161 cm³/mol. The molecule has 0 saturated heterocycles. The number of ketones is 3. The van der Waals surface area contributed by atoms with Crippen LogP contribution in [-0.4, -0.2) is 77.9 Å². The number of unbranched alkanes of at least 4 members (excludes halogenated alkanes) is 2. The van der Waals surface area contributed by atoms with E-state index >= 15 is 0 Å². The Balaban J connectivity index is 2.04. The van der Waals surface area contributed by atoms with Gasteiger partial charge in [-0.3, -0.25) is 14.4 Å². The Morgan fingerprint density at radius 2 is 1.76 bits per heavy atom. The molecule has 0 aliphatic heterocycles. The lowest BCUT2D eigenvalue weighted by Gasteiger charge is -2.60. The van der Waals surface area contributed by atoms with Crippen LogP contribution in [0.2, 0.25) is 0 Å². The molecule has 1 aromatic carbocycles. The first-order valence-electron chi connectivity index (χ1n) is 14.5. The number of hydrogen-bond donors (Lipinski definition) is 2. The van der Waals surface area contributed by atoms with Gasteiger partial charge in [-0.2, -0.15) is 0 Å². The van der Waals surface area contributed by atoms with Crippen LogP contribution in [-0.2, 0) is 16.0 Å². The normalized spacial score (nSPS) is 29.1. The lowest BCUT2D eigenvalue weighted by Crippen LogP contribution is -2.72. The van der Waals surface area contributed by atoms with E-state index in [1.807, 2.05) is 32.0 Å². The van der Waals surface area contributed by atoms with Gasteiger partial charge in [0.25, 0.3) is 0 Å². The first-order valence-corrected chi connectivity index (χ1v) is 14.5. The molecular formula is C34H44N2O5. The zero-order valence-electron chi connectivity index (χ0n) is 26.2.